The molecule has 0 radical (unpaired) electrons. The van der Waals surface area contributed by atoms with Crippen molar-refractivity contribution in [2.24, 2.45) is 0 Å². The second kappa shape index (κ2) is 7.13. The van der Waals surface area contributed by atoms with Crippen molar-refractivity contribution in [2.45, 2.75) is 6.43 Å². The predicted molar refractivity (Wildman–Crippen MR) is 91.6 cm³/mol. The molecule has 3 rings (SSSR count). The van der Waals surface area contributed by atoms with E-state index in [1.54, 1.807) is 0 Å². The quantitative estimate of drug-likeness (QED) is 0.388. The smallest absolute Gasteiger partial charge is 0.256 e. The molecule has 0 aliphatic carbocycles. The van der Waals surface area contributed by atoms with Crippen LogP contribution in [0.4, 0.5) is 29.1 Å². The predicted octanol–water partition coefficient (Wildman–Crippen LogP) is 5.73. The van der Waals surface area contributed by atoms with Gasteiger partial charge in [-0.15, -0.1) is 0 Å². The van der Waals surface area contributed by atoms with E-state index in [9.17, 15) is 17.6 Å². The van der Waals surface area contributed by atoms with Gasteiger partial charge in [0.2, 0.25) is 5.28 Å². The number of hydrogen-bond acceptors (Lipinski definition) is 3. The van der Waals surface area contributed by atoms with Crippen LogP contribution >= 0.6 is 27.5 Å². The van der Waals surface area contributed by atoms with Crippen molar-refractivity contribution >= 4 is 49.9 Å². The first-order valence-corrected chi connectivity index (χ1v) is 8.17. The normalized spacial score (nSPS) is 11.3. The fraction of sp³-hybridized carbons (Fsp3) is 0.125. The number of benzene rings is 2. The zero-order chi connectivity index (χ0) is 18.1. The van der Waals surface area contributed by atoms with Gasteiger partial charge in [0, 0.05) is 0 Å². The van der Waals surface area contributed by atoms with Crippen molar-refractivity contribution in [2.75, 3.05) is 11.4 Å². The minimum Gasteiger partial charge on any atom is -0.317 e. The zero-order valence-corrected chi connectivity index (χ0v) is 14.7. The van der Waals surface area contributed by atoms with Crippen LogP contribution in [0, 0.1) is 11.6 Å². The van der Waals surface area contributed by atoms with Gasteiger partial charge in [-0.2, -0.15) is 4.98 Å². The van der Waals surface area contributed by atoms with E-state index >= 15 is 0 Å². The summed E-state index contributed by atoms with van der Waals surface area (Å²) in [6, 6.07) is 8.20. The molecule has 0 aliphatic rings. The molecule has 0 saturated heterocycles. The van der Waals surface area contributed by atoms with E-state index in [1.165, 1.54) is 30.3 Å². The maximum Gasteiger partial charge on any atom is 0.256 e. The van der Waals surface area contributed by atoms with Crippen molar-refractivity contribution in [1.82, 2.24) is 9.97 Å². The second-order valence-corrected chi connectivity index (χ2v) is 6.22. The number of hydrogen-bond donors (Lipinski definition) is 0. The Morgan fingerprint density at radius 2 is 1.80 bits per heavy atom. The highest BCUT2D eigenvalue weighted by atomic mass is 79.9. The molecule has 0 N–H and O–H groups in total. The third-order valence-corrected chi connectivity index (χ3v) is 4.21. The first-order valence-electron chi connectivity index (χ1n) is 7.00. The van der Waals surface area contributed by atoms with Crippen molar-refractivity contribution < 1.29 is 17.6 Å². The lowest BCUT2D eigenvalue weighted by atomic mass is 10.2. The largest absolute Gasteiger partial charge is 0.317 e. The SMILES string of the molecule is Fc1c(Br)cccc1N(CC(F)F)c1nc(Cl)nc2cccc(F)c12. The van der Waals surface area contributed by atoms with E-state index in [4.69, 9.17) is 11.6 Å². The molecule has 0 unspecified atom stereocenters. The Morgan fingerprint density at radius 1 is 1.08 bits per heavy atom. The Hall–Kier alpha value is -1.93. The van der Waals surface area contributed by atoms with Crippen LogP contribution in [-0.4, -0.2) is 22.9 Å². The third-order valence-electron chi connectivity index (χ3n) is 3.42. The number of alkyl halides is 2. The van der Waals surface area contributed by atoms with Crippen LogP contribution in [0.3, 0.4) is 0 Å². The second-order valence-electron chi connectivity index (χ2n) is 5.02. The van der Waals surface area contributed by atoms with Gasteiger partial charge >= 0.3 is 0 Å². The molecule has 0 saturated carbocycles. The molecule has 0 aliphatic heterocycles. The van der Waals surface area contributed by atoms with E-state index in [2.05, 4.69) is 25.9 Å². The zero-order valence-electron chi connectivity index (χ0n) is 12.4. The Labute approximate surface area is 153 Å². The van der Waals surface area contributed by atoms with Gasteiger partial charge < -0.3 is 4.90 Å². The van der Waals surface area contributed by atoms with Crippen LogP contribution in [0.1, 0.15) is 0 Å². The highest BCUT2D eigenvalue weighted by Gasteiger charge is 2.24. The van der Waals surface area contributed by atoms with Gasteiger partial charge in [0.05, 0.1) is 27.6 Å². The molecule has 3 nitrogen and oxygen atoms in total. The molecule has 130 valence electrons. The minimum atomic E-state index is -2.83. The van der Waals surface area contributed by atoms with Crippen LogP contribution in [0.2, 0.25) is 5.28 Å². The molecule has 25 heavy (non-hydrogen) atoms. The van der Waals surface area contributed by atoms with Crippen molar-refractivity contribution in [1.29, 1.82) is 0 Å². The van der Waals surface area contributed by atoms with Crippen LogP contribution in [0.25, 0.3) is 10.9 Å². The number of halogens is 6. The molecule has 0 atom stereocenters. The highest BCUT2D eigenvalue weighted by molar-refractivity contribution is 9.10. The fourth-order valence-electron chi connectivity index (χ4n) is 2.43. The molecule has 1 heterocycles. The third kappa shape index (κ3) is 3.55. The average molecular weight is 435 g/mol. The summed E-state index contributed by atoms with van der Waals surface area (Å²) in [7, 11) is 0. The molecular weight excluding hydrogens is 426 g/mol. The Bertz CT molecular complexity index is 939. The molecule has 0 fully saturated rings. The Morgan fingerprint density at radius 3 is 2.52 bits per heavy atom. The van der Waals surface area contributed by atoms with Crippen LogP contribution in [0.15, 0.2) is 40.9 Å². The lowest BCUT2D eigenvalue weighted by Gasteiger charge is -2.25. The van der Waals surface area contributed by atoms with Gasteiger partial charge in [0.1, 0.15) is 11.6 Å². The summed E-state index contributed by atoms with van der Waals surface area (Å²) < 4.78 is 55.2. The van der Waals surface area contributed by atoms with Crippen LogP contribution < -0.4 is 4.90 Å². The van der Waals surface area contributed by atoms with Gasteiger partial charge in [-0.3, -0.25) is 0 Å². The summed E-state index contributed by atoms with van der Waals surface area (Å²) in [5.74, 6) is -1.73. The van der Waals surface area contributed by atoms with Gasteiger partial charge in [-0.25, -0.2) is 22.5 Å². The monoisotopic (exact) mass is 433 g/mol. The van der Waals surface area contributed by atoms with Gasteiger partial charge in [0.15, 0.2) is 5.82 Å². The standard InChI is InChI=1S/C16H9BrClF4N3/c17-8-3-1-6-11(14(8)22)25(7-12(20)21)15-13-9(19)4-2-5-10(13)23-16(18)24-15/h1-6,12H,7H2. The van der Waals surface area contributed by atoms with Gasteiger partial charge in [0.25, 0.3) is 6.43 Å². The van der Waals surface area contributed by atoms with E-state index in [0.29, 0.717) is 0 Å². The topological polar surface area (TPSA) is 29.0 Å². The molecule has 1 aromatic heterocycles. The Balaban J connectivity index is 2.31. The molecule has 0 amide bonds. The Kier molecular flexibility index (Phi) is 5.10. The van der Waals surface area contributed by atoms with Crippen LogP contribution in [-0.2, 0) is 0 Å². The van der Waals surface area contributed by atoms with Crippen LogP contribution in [0.5, 0.6) is 0 Å². The summed E-state index contributed by atoms with van der Waals surface area (Å²) in [4.78, 5) is 8.67. The molecule has 9 heteroatoms. The maximum absolute atomic E-state index is 14.5. The summed E-state index contributed by atoms with van der Waals surface area (Å²) in [6.07, 6.45) is -2.83. The summed E-state index contributed by atoms with van der Waals surface area (Å²) in [6.45, 7) is -0.899. The number of fused-ring (bicyclic) bond motifs is 1. The summed E-state index contributed by atoms with van der Waals surface area (Å²) in [5.41, 5.74) is -0.0568. The van der Waals surface area contributed by atoms with E-state index < -0.39 is 24.6 Å². The average Bonchev–Trinajstić information content (AvgIpc) is 2.54. The lowest BCUT2D eigenvalue weighted by Crippen LogP contribution is -2.26. The molecule has 0 spiro atoms. The number of nitrogens with zero attached hydrogens (tertiary/aromatic N) is 3. The van der Waals surface area contributed by atoms with Gasteiger partial charge in [-0.05, 0) is 51.8 Å². The van der Waals surface area contributed by atoms with E-state index in [-0.39, 0.29) is 32.2 Å². The van der Waals surface area contributed by atoms with Crippen molar-refractivity contribution in [3.8, 4) is 0 Å². The molecule has 0 bridgehead atoms. The van der Waals surface area contributed by atoms with E-state index in [0.717, 1.165) is 11.0 Å². The van der Waals surface area contributed by atoms with Gasteiger partial charge in [-0.1, -0.05) is 12.1 Å². The first kappa shape index (κ1) is 17.9. The summed E-state index contributed by atoms with van der Waals surface area (Å²) in [5, 5.41) is -0.380. The number of anilines is 2. The maximum atomic E-state index is 14.5. The van der Waals surface area contributed by atoms with Crippen molar-refractivity contribution in [3.63, 3.8) is 0 Å². The number of aromatic nitrogens is 2. The summed E-state index contributed by atoms with van der Waals surface area (Å²) >= 11 is 8.86. The fourth-order valence-corrected chi connectivity index (χ4v) is 2.95. The molecule has 3 aromatic rings. The molecular formula is C16H9BrClF4N3. The highest BCUT2D eigenvalue weighted by Crippen LogP contribution is 2.36. The minimum absolute atomic E-state index is 0.0780. The van der Waals surface area contributed by atoms with Crippen molar-refractivity contribution in [3.05, 3.63) is 57.8 Å². The first-order chi connectivity index (χ1) is 11.9. The van der Waals surface area contributed by atoms with E-state index in [1.807, 2.05) is 0 Å². The number of rotatable bonds is 4. The molecule has 2 aromatic carbocycles. The lowest BCUT2D eigenvalue weighted by molar-refractivity contribution is 0.157.